The van der Waals surface area contributed by atoms with E-state index in [0.29, 0.717) is 0 Å². The third-order valence-corrected chi connectivity index (χ3v) is 17.9. The summed E-state index contributed by atoms with van der Waals surface area (Å²) in [6.45, 7) is 9.23. The molecule has 0 fully saturated rings. The zero-order valence-electron chi connectivity index (χ0n) is 35.8. The van der Waals surface area contributed by atoms with E-state index in [1.807, 2.05) is 0 Å². The Morgan fingerprint density at radius 1 is 0.333 bits per heavy atom. The van der Waals surface area contributed by atoms with Crippen LogP contribution in [-0.4, -0.2) is 4.57 Å². The molecule has 300 valence electrons. The average Bonchev–Trinajstić information content (AvgIpc) is 3.86. The number of nitrogens with zero attached hydrogens (tertiary/aromatic N) is 1. The third kappa shape index (κ3) is 4.88. The molecule has 10 aromatic carbocycles. The van der Waals surface area contributed by atoms with Gasteiger partial charge >= 0.3 is 0 Å². The van der Waals surface area contributed by atoms with Gasteiger partial charge in [-0.15, -0.1) is 0 Å². The van der Waals surface area contributed by atoms with Crippen molar-refractivity contribution < 1.29 is 4.57 Å². The summed E-state index contributed by atoms with van der Waals surface area (Å²) in [5.74, 6) is 0. The number of rotatable bonds is 4. The topological polar surface area (TPSA) is 22.0 Å². The first kappa shape index (κ1) is 36.6. The van der Waals surface area contributed by atoms with Crippen LogP contribution in [0.4, 0.5) is 0 Å². The Labute approximate surface area is 367 Å². The molecule has 0 amide bonds. The molecular weight excluding hydrogens is 782 g/mol. The Bertz CT molecular complexity index is 3720. The van der Waals surface area contributed by atoms with E-state index < -0.39 is 7.14 Å². The molecule has 2 aliphatic carbocycles. The van der Waals surface area contributed by atoms with Crippen molar-refractivity contribution in [1.29, 1.82) is 0 Å². The van der Waals surface area contributed by atoms with Crippen LogP contribution in [0.5, 0.6) is 0 Å². The van der Waals surface area contributed by atoms with E-state index in [2.05, 4.69) is 226 Å². The zero-order valence-corrected chi connectivity index (χ0v) is 36.7. The van der Waals surface area contributed by atoms with Crippen LogP contribution in [0.2, 0.25) is 0 Å². The van der Waals surface area contributed by atoms with Crippen LogP contribution in [0.3, 0.4) is 0 Å². The number of fused-ring (bicyclic) bond motifs is 15. The molecule has 0 radical (unpaired) electrons. The van der Waals surface area contributed by atoms with Crippen molar-refractivity contribution in [3.63, 3.8) is 0 Å². The average molecular weight is 826 g/mol. The van der Waals surface area contributed by atoms with E-state index in [9.17, 15) is 0 Å². The summed E-state index contributed by atoms with van der Waals surface area (Å²) in [4.78, 5) is 0. The Kier molecular flexibility index (Phi) is 7.44. The molecule has 0 atom stereocenters. The highest BCUT2D eigenvalue weighted by molar-refractivity contribution is 7.85. The highest BCUT2D eigenvalue weighted by Crippen LogP contribution is 2.54. The van der Waals surface area contributed by atoms with Crippen molar-refractivity contribution in [2.75, 3.05) is 0 Å². The second-order valence-electron chi connectivity index (χ2n) is 18.8. The van der Waals surface area contributed by atoms with E-state index in [1.165, 1.54) is 82.2 Å². The maximum absolute atomic E-state index is 17.1. The summed E-state index contributed by atoms with van der Waals surface area (Å²) in [6.07, 6.45) is 0. The molecule has 63 heavy (non-hydrogen) atoms. The lowest BCUT2D eigenvalue weighted by molar-refractivity contribution is 0.592. The highest BCUT2D eigenvalue weighted by atomic mass is 31.2. The zero-order chi connectivity index (χ0) is 42.4. The largest absolute Gasteiger partial charge is 0.309 e. The van der Waals surface area contributed by atoms with Gasteiger partial charge in [-0.05, 0) is 119 Å². The minimum atomic E-state index is -3.53. The molecule has 2 nitrogen and oxygen atoms in total. The Morgan fingerprint density at radius 2 is 0.746 bits per heavy atom. The molecule has 1 heterocycles. The van der Waals surface area contributed by atoms with E-state index in [4.69, 9.17) is 0 Å². The number of hydrogen-bond donors (Lipinski definition) is 0. The van der Waals surface area contributed by atoms with Crippen molar-refractivity contribution >= 4 is 77.2 Å². The molecule has 0 saturated heterocycles. The minimum absolute atomic E-state index is 0.160. The molecule has 11 aromatic rings. The van der Waals surface area contributed by atoms with Crippen molar-refractivity contribution in [3.8, 4) is 27.9 Å². The summed E-state index contributed by atoms with van der Waals surface area (Å²) >= 11 is 0. The van der Waals surface area contributed by atoms with Gasteiger partial charge in [0.25, 0.3) is 0 Å². The molecule has 0 bridgehead atoms. The molecule has 0 aliphatic heterocycles. The van der Waals surface area contributed by atoms with Gasteiger partial charge in [0.05, 0.1) is 11.0 Å². The number of hydrogen-bond acceptors (Lipinski definition) is 1. The molecule has 0 N–H and O–H groups in total. The van der Waals surface area contributed by atoms with Gasteiger partial charge in [-0.25, -0.2) is 0 Å². The smallest absolute Gasteiger partial charge is 0.171 e. The van der Waals surface area contributed by atoms with Gasteiger partial charge in [-0.2, -0.15) is 0 Å². The normalized spacial score (nSPS) is 14.7. The SMILES string of the molecule is CC1(C)c2ccccc2-c2cc(P(=O)(c3ccc4c(c3)-c3ccccc3C4(C)C)c3ccc4c5cc6c7ccccc7c7ccccc7c6cc5n(-c5ccccc5)c4c3)ccc21. The maximum atomic E-state index is 17.1. The summed E-state index contributed by atoms with van der Waals surface area (Å²) in [6, 6.07) is 70.5. The standard InChI is InChI=1S/C60H44NOP/c1-59(2)53-24-14-12-22-45(53)50-32-38(27-30-55(50)59)63(62,39-28-31-56-51(33-39)46-23-13-15-25-54(46)60(56,3)4)40-26-29-47-52-35-48-43-20-10-8-18-41(43)42-19-9-11-21-44(42)49(48)36-58(52)61(57(47)34-40)37-16-6-5-7-17-37/h5-36H,1-4H3. The highest BCUT2D eigenvalue weighted by Gasteiger charge is 2.40. The van der Waals surface area contributed by atoms with Crippen LogP contribution < -0.4 is 15.9 Å². The first-order valence-electron chi connectivity index (χ1n) is 22.1. The lowest BCUT2D eigenvalue weighted by Crippen LogP contribution is -2.26. The molecule has 13 rings (SSSR count). The predicted octanol–water partition coefficient (Wildman–Crippen LogP) is 14.5. The van der Waals surface area contributed by atoms with Gasteiger partial charge < -0.3 is 9.13 Å². The van der Waals surface area contributed by atoms with Crippen molar-refractivity contribution in [2.45, 2.75) is 38.5 Å². The Balaban J connectivity index is 1.12. The fourth-order valence-corrected chi connectivity index (χ4v) is 14.4. The summed E-state index contributed by atoms with van der Waals surface area (Å²) < 4.78 is 19.5. The van der Waals surface area contributed by atoms with Gasteiger partial charge in [0, 0.05) is 43.2 Å². The van der Waals surface area contributed by atoms with Crippen LogP contribution in [0, 0.1) is 0 Å². The van der Waals surface area contributed by atoms with Gasteiger partial charge in [0.15, 0.2) is 7.14 Å². The number of aromatic nitrogens is 1. The van der Waals surface area contributed by atoms with Gasteiger partial charge in [-0.3, -0.25) is 0 Å². The minimum Gasteiger partial charge on any atom is -0.309 e. The lowest BCUT2D eigenvalue weighted by atomic mass is 9.82. The van der Waals surface area contributed by atoms with Gasteiger partial charge in [0.1, 0.15) is 0 Å². The summed E-state index contributed by atoms with van der Waals surface area (Å²) in [5, 5.41) is 12.3. The van der Waals surface area contributed by atoms with E-state index in [0.717, 1.165) is 38.0 Å². The fourth-order valence-electron chi connectivity index (χ4n) is 11.7. The Morgan fingerprint density at radius 3 is 1.30 bits per heavy atom. The quantitative estimate of drug-likeness (QED) is 0.128. The first-order valence-corrected chi connectivity index (χ1v) is 23.8. The monoisotopic (exact) mass is 825 g/mol. The van der Waals surface area contributed by atoms with Crippen LogP contribution >= 0.6 is 7.14 Å². The van der Waals surface area contributed by atoms with Gasteiger partial charge in [-0.1, -0.05) is 179 Å². The van der Waals surface area contributed by atoms with E-state index in [-0.39, 0.29) is 10.8 Å². The van der Waals surface area contributed by atoms with Crippen molar-refractivity contribution in [1.82, 2.24) is 4.57 Å². The van der Waals surface area contributed by atoms with Crippen molar-refractivity contribution in [2.24, 2.45) is 0 Å². The molecule has 0 saturated carbocycles. The van der Waals surface area contributed by atoms with Crippen LogP contribution in [0.1, 0.15) is 49.9 Å². The second kappa shape index (κ2) is 12.8. The summed E-state index contributed by atoms with van der Waals surface area (Å²) in [7, 11) is -3.53. The van der Waals surface area contributed by atoms with Gasteiger partial charge in [0.2, 0.25) is 0 Å². The Hall–Kier alpha value is -6.99. The predicted molar refractivity (Wildman–Crippen MR) is 268 cm³/mol. The maximum Gasteiger partial charge on any atom is 0.171 e. The first-order chi connectivity index (χ1) is 30.6. The molecule has 0 unspecified atom stereocenters. The summed E-state index contributed by atoms with van der Waals surface area (Å²) in [5.41, 5.74) is 12.9. The fraction of sp³-hybridized carbons (Fsp3) is 0.100. The molecule has 0 spiro atoms. The van der Waals surface area contributed by atoms with E-state index in [1.54, 1.807) is 0 Å². The lowest BCUT2D eigenvalue weighted by Gasteiger charge is -2.25. The van der Waals surface area contributed by atoms with Crippen molar-refractivity contribution in [3.05, 3.63) is 216 Å². The number of benzene rings is 10. The van der Waals surface area contributed by atoms with Crippen LogP contribution in [0.25, 0.3) is 82.1 Å². The van der Waals surface area contributed by atoms with Crippen LogP contribution in [-0.2, 0) is 15.4 Å². The molecular formula is C60H44NOP. The van der Waals surface area contributed by atoms with Crippen LogP contribution in [0.15, 0.2) is 194 Å². The molecule has 1 aromatic heterocycles. The molecule has 2 aliphatic rings. The number of para-hydroxylation sites is 1. The third-order valence-electron chi connectivity index (χ3n) is 14.9. The molecule has 3 heteroatoms. The van der Waals surface area contributed by atoms with E-state index >= 15 is 4.57 Å². The second-order valence-corrected chi connectivity index (χ2v) is 21.6.